The molecule has 0 saturated carbocycles. The molecule has 0 saturated heterocycles. The molecule has 4 nitrogen and oxygen atoms in total. The van der Waals surface area contributed by atoms with Crippen LogP contribution < -0.4 is 0 Å². The highest BCUT2D eigenvalue weighted by Gasteiger charge is 2.17. The predicted octanol–water partition coefficient (Wildman–Crippen LogP) is 3.68. The minimum atomic E-state index is -3.49. The van der Waals surface area contributed by atoms with Crippen molar-refractivity contribution in [3.63, 3.8) is 0 Å². The number of aliphatic hydroxyl groups excluding tert-OH is 1. The Hall–Kier alpha value is -2.47. The Kier molecular flexibility index (Phi) is 6.06. The van der Waals surface area contributed by atoms with E-state index < -0.39 is 15.9 Å². The number of nitrogens with zero attached hydrogens (tertiary/aromatic N) is 1. The van der Waals surface area contributed by atoms with Crippen LogP contribution in [0.15, 0.2) is 94.7 Å². The quantitative estimate of drug-likeness (QED) is 0.678. The van der Waals surface area contributed by atoms with E-state index in [4.69, 9.17) is 0 Å². The molecular weight excluding hydrogens is 358 g/mol. The molecule has 0 heterocycles. The monoisotopic (exact) mass is 381 g/mol. The lowest BCUT2D eigenvalue weighted by atomic mass is 10.1. The van der Waals surface area contributed by atoms with E-state index in [9.17, 15) is 13.5 Å². The van der Waals surface area contributed by atoms with Gasteiger partial charge in [0.15, 0.2) is 0 Å². The number of rotatable bonds is 7. The topological polar surface area (TPSA) is 57.6 Å². The van der Waals surface area contributed by atoms with E-state index in [0.29, 0.717) is 18.0 Å². The van der Waals surface area contributed by atoms with E-state index in [1.807, 2.05) is 54.4 Å². The Morgan fingerprint density at radius 3 is 1.93 bits per heavy atom. The van der Waals surface area contributed by atoms with Gasteiger partial charge in [-0.15, -0.1) is 0 Å². The van der Waals surface area contributed by atoms with Gasteiger partial charge in [-0.2, -0.15) is 0 Å². The van der Waals surface area contributed by atoms with E-state index in [2.05, 4.69) is 0 Å². The Morgan fingerprint density at radius 2 is 1.33 bits per heavy atom. The van der Waals surface area contributed by atoms with Crippen LogP contribution in [0, 0.1) is 0 Å². The third-order valence-electron chi connectivity index (χ3n) is 4.41. The fourth-order valence-corrected chi connectivity index (χ4v) is 4.24. The summed E-state index contributed by atoms with van der Waals surface area (Å²) in [7, 11) is -1.56. The summed E-state index contributed by atoms with van der Waals surface area (Å²) in [5, 5.41) is 10.3. The summed E-state index contributed by atoms with van der Waals surface area (Å²) >= 11 is 0. The fourth-order valence-electron chi connectivity index (χ4n) is 2.96. The molecule has 27 heavy (non-hydrogen) atoms. The highest BCUT2D eigenvalue weighted by atomic mass is 32.2. The average Bonchev–Trinajstić information content (AvgIpc) is 2.69. The molecule has 5 heteroatoms. The van der Waals surface area contributed by atoms with Gasteiger partial charge in [0, 0.05) is 13.1 Å². The van der Waals surface area contributed by atoms with Gasteiger partial charge in [0.1, 0.15) is 0 Å². The lowest BCUT2D eigenvalue weighted by Crippen LogP contribution is -2.24. The van der Waals surface area contributed by atoms with Crippen molar-refractivity contribution in [2.75, 3.05) is 13.6 Å². The number of hydrogen-bond donors (Lipinski definition) is 1. The van der Waals surface area contributed by atoms with Gasteiger partial charge in [0.25, 0.3) is 0 Å². The molecule has 0 aromatic heterocycles. The van der Waals surface area contributed by atoms with Gasteiger partial charge in [-0.1, -0.05) is 60.7 Å². The molecule has 0 spiro atoms. The van der Waals surface area contributed by atoms with Crippen LogP contribution in [0.25, 0.3) is 0 Å². The van der Waals surface area contributed by atoms with Gasteiger partial charge in [-0.25, -0.2) is 8.42 Å². The summed E-state index contributed by atoms with van der Waals surface area (Å²) in [6, 6.07) is 24.9. The zero-order valence-corrected chi connectivity index (χ0v) is 16.0. The molecule has 0 aliphatic rings. The van der Waals surface area contributed by atoms with E-state index in [-0.39, 0.29) is 4.90 Å². The average molecular weight is 381 g/mol. The largest absolute Gasteiger partial charge is 0.387 e. The van der Waals surface area contributed by atoms with Crippen molar-refractivity contribution >= 4 is 9.84 Å². The molecule has 0 amide bonds. The van der Waals surface area contributed by atoms with Crippen LogP contribution in [-0.4, -0.2) is 32.0 Å². The minimum Gasteiger partial charge on any atom is -0.387 e. The first-order valence-corrected chi connectivity index (χ1v) is 10.3. The molecule has 0 unspecified atom stereocenters. The summed E-state index contributed by atoms with van der Waals surface area (Å²) in [5.41, 5.74) is 1.87. The highest BCUT2D eigenvalue weighted by Crippen LogP contribution is 2.21. The van der Waals surface area contributed by atoms with E-state index in [0.717, 1.165) is 11.1 Å². The number of benzene rings is 3. The predicted molar refractivity (Wildman–Crippen MR) is 106 cm³/mol. The lowest BCUT2D eigenvalue weighted by Gasteiger charge is -2.21. The molecule has 0 aliphatic carbocycles. The zero-order valence-electron chi connectivity index (χ0n) is 15.2. The third-order valence-corrected chi connectivity index (χ3v) is 6.19. The molecule has 1 atom stereocenters. The first kappa shape index (κ1) is 19.3. The van der Waals surface area contributed by atoms with Crippen molar-refractivity contribution in [1.29, 1.82) is 0 Å². The normalized spacial score (nSPS) is 12.9. The van der Waals surface area contributed by atoms with Crippen LogP contribution in [0.1, 0.15) is 17.2 Å². The smallest absolute Gasteiger partial charge is 0.206 e. The molecule has 0 fully saturated rings. The fraction of sp³-hybridized carbons (Fsp3) is 0.182. The number of hydrogen-bond acceptors (Lipinski definition) is 4. The maximum Gasteiger partial charge on any atom is 0.206 e. The first-order chi connectivity index (χ1) is 13.0. The summed E-state index contributed by atoms with van der Waals surface area (Å²) in [6.07, 6.45) is -0.561. The SMILES string of the molecule is CN(Cc1ccc(S(=O)(=O)c2ccccc2)cc1)C[C@H](O)c1ccccc1. The molecular formula is C22H23NO3S. The molecule has 1 N–H and O–H groups in total. The standard InChI is InChI=1S/C22H23NO3S/c1-23(17-22(24)19-8-4-2-5-9-19)16-18-12-14-21(15-13-18)27(25,26)20-10-6-3-7-11-20/h2-15,22,24H,16-17H2,1H3/t22-/m0/s1. The summed E-state index contributed by atoms with van der Waals surface area (Å²) < 4.78 is 25.3. The summed E-state index contributed by atoms with van der Waals surface area (Å²) in [5.74, 6) is 0. The van der Waals surface area contributed by atoms with Gasteiger partial charge in [0.2, 0.25) is 9.84 Å². The minimum absolute atomic E-state index is 0.282. The van der Waals surface area contributed by atoms with Crippen LogP contribution in [0.2, 0.25) is 0 Å². The molecule has 140 valence electrons. The second kappa shape index (κ2) is 8.48. The number of aliphatic hydroxyl groups is 1. The Balaban J connectivity index is 1.65. The zero-order chi connectivity index (χ0) is 19.3. The second-order valence-corrected chi connectivity index (χ2v) is 8.53. The maximum atomic E-state index is 12.6. The van der Waals surface area contributed by atoms with Crippen molar-refractivity contribution in [2.45, 2.75) is 22.4 Å². The number of likely N-dealkylation sites (N-methyl/N-ethyl adjacent to an activating group) is 1. The molecule has 0 aliphatic heterocycles. The number of sulfone groups is 1. The van der Waals surface area contributed by atoms with Crippen LogP contribution in [0.4, 0.5) is 0 Å². The Labute approximate surface area is 160 Å². The van der Waals surface area contributed by atoms with Gasteiger partial charge in [0.05, 0.1) is 15.9 Å². The van der Waals surface area contributed by atoms with Crippen molar-refractivity contribution in [1.82, 2.24) is 4.90 Å². The molecule has 0 bridgehead atoms. The van der Waals surface area contributed by atoms with Crippen molar-refractivity contribution in [3.8, 4) is 0 Å². The molecule has 3 rings (SSSR count). The maximum absolute atomic E-state index is 12.6. The molecule has 3 aromatic carbocycles. The second-order valence-electron chi connectivity index (χ2n) is 6.58. The van der Waals surface area contributed by atoms with E-state index in [1.54, 1.807) is 42.5 Å². The Bertz CT molecular complexity index is 955. The first-order valence-electron chi connectivity index (χ1n) is 8.77. The highest BCUT2D eigenvalue weighted by molar-refractivity contribution is 7.91. The van der Waals surface area contributed by atoms with Gasteiger partial charge in [-0.3, -0.25) is 4.90 Å². The molecule has 0 radical (unpaired) electrons. The van der Waals surface area contributed by atoms with Gasteiger partial charge >= 0.3 is 0 Å². The molecule has 3 aromatic rings. The van der Waals surface area contributed by atoms with Gasteiger partial charge < -0.3 is 5.11 Å². The van der Waals surface area contributed by atoms with E-state index in [1.165, 1.54) is 0 Å². The Morgan fingerprint density at radius 1 is 0.815 bits per heavy atom. The van der Waals surface area contributed by atoms with Crippen molar-refractivity contribution in [2.24, 2.45) is 0 Å². The lowest BCUT2D eigenvalue weighted by molar-refractivity contribution is 0.124. The summed E-state index contributed by atoms with van der Waals surface area (Å²) in [6.45, 7) is 1.11. The summed E-state index contributed by atoms with van der Waals surface area (Å²) in [4.78, 5) is 2.59. The van der Waals surface area contributed by atoms with Crippen LogP contribution >= 0.6 is 0 Å². The third kappa shape index (κ3) is 4.83. The van der Waals surface area contributed by atoms with Crippen molar-refractivity contribution in [3.05, 3.63) is 96.1 Å². The van der Waals surface area contributed by atoms with Gasteiger partial charge in [-0.05, 0) is 42.4 Å². The van der Waals surface area contributed by atoms with Crippen LogP contribution in [0.5, 0.6) is 0 Å². The van der Waals surface area contributed by atoms with Crippen LogP contribution in [0.3, 0.4) is 0 Å². The van der Waals surface area contributed by atoms with Crippen molar-refractivity contribution < 1.29 is 13.5 Å². The van der Waals surface area contributed by atoms with E-state index >= 15 is 0 Å². The van der Waals surface area contributed by atoms with Crippen LogP contribution in [-0.2, 0) is 16.4 Å².